The van der Waals surface area contributed by atoms with Crippen LogP contribution in [-0.2, 0) is 4.74 Å². The topological polar surface area (TPSA) is 75.8 Å². The maximum absolute atomic E-state index is 6.03. The Balaban J connectivity index is 0.00000192. The second-order valence-electron chi connectivity index (χ2n) is 6.07. The summed E-state index contributed by atoms with van der Waals surface area (Å²) < 4.78 is 5.55. The Morgan fingerprint density at radius 2 is 2.04 bits per heavy atom. The van der Waals surface area contributed by atoms with Crippen LogP contribution < -0.4 is 11.1 Å². The number of hydrogen-bond donors (Lipinski definition) is 2. The van der Waals surface area contributed by atoms with E-state index in [0.717, 1.165) is 38.4 Å². The number of anilines is 1. The van der Waals surface area contributed by atoms with Crippen molar-refractivity contribution in [3.63, 3.8) is 0 Å². The van der Waals surface area contributed by atoms with Crippen molar-refractivity contribution in [3.8, 4) is 0 Å². The average Bonchev–Trinajstić information content (AvgIpc) is 3.10. The van der Waals surface area contributed by atoms with Gasteiger partial charge in [0.15, 0.2) is 5.96 Å². The molecule has 2 saturated heterocycles. The van der Waals surface area contributed by atoms with E-state index < -0.39 is 0 Å². The van der Waals surface area contributed by atoms with Gasteiger partial charge in [0.05, 0.1) is 6.54 Å². The summed E-state index contributed by atoms with van der Waals surface area (Å²) >= 11 is 0. The Bertz CT molecular complexity index is 498. The maximum Gasteiger partial charge on any atom is 0.194 e. The first-order chi connectivity index (χ1) is 10.8. The molecule has 0 bridgehead atoms. The molecule has 1 aromatic heterocycles. The molecule has 128 valence electrons. The highest BCUT2D eigenvalue weighted by Gasteiger charge is 2.39. The third-order valence-electron chi connectivity index (χ3n) is 4.67. The molecule has 1 aromatic rings. The van der Waals surface area contributed by atoms with Crippen LogP contribution in [0.4, 0.5) is 5.82 Å². The van der Waals surface area contributed by atoms with Crippen molar-refractivity contribution in [2.75, 3.05) is 38.2 Å². The van der Waals surface area contributed by atoms with E-state index in [0.29, 0.717) is 5.96 Å². The number of nitrogens with one attached hydrogen (secondary N) is 1. The Hall–Kier alpha value is -0.930. The van der Waals surface area contributed by atoms with Crippen LogP contribution >= 0.6 is 24.0 Å². The second kappa shape index (κ2) is 8.79. The van der Waals surface area contributed by atoms with Gasteiger partial charge in [0.1, 0.15) is 5.82 Å². The first-order valence-corrected chi connectivity index (χ1v) is 8.09. The number of nitrogens with two attached hydrogens (primary N) is 1. The quantitative estimate of drug-likeness (QED) is 0.434. The Labute approximate surface area is 154 Å². The summed E-state index contributed by atoms with van der Waals surface area (Å²) in [4.78, 5) is 11.4. The Kier molecular flexibility index (Phi) is 7.04. The summed E-state index contributed by atoms with van der Waals surface area (Å²) in [6.07, 6.45) is 6.38. The van der Waals surface area contributed by atoms with Crippen molar-refractivity contribution >= 4 is 35.8 Å². The fraction of sp³-hybridized carbons (Fsp3) is 0.625. The van der Waals surface area contributed by atoms with Crippen molar-refractivity contribution in [3.05, 3.63) is 24.4 Å². The van der Waals surface area contributed by atoms with Crippen LogP contribution in [0.1, 0.15) is 25.7 Å². The van der Waals surface area contributed by atoms with E-state index in [1.807, 2.05) is 18.2 Å². The minimum atomic E-state index is 0. The first kappa shape index (κ1) is 18.4. The molecule has 2 aliphatic rings. The van der Waals surface area contributed by atoms with E-state index in [9.17, 15) is 0 Å². The van der Waals surface area contributed by atoms with Gasteiger partial charge in [0.2, 0.25) is 0 Å². The summed E-state index contributed by atoms with van der Waals surface area (Å²) in [5.41, 5.74) is 6.15. The molecule has 0 radical (unpaired) electrons. The van der Waals surface area contributed by atoms with Crippen LogP contribution in [0.25, 0.3) is 0 Å². The molecule has 0 spiro atoms. The second-order valence-corrected chi connectivity index (χ2v) is 6.07. The number of ether oxygens (including phenoxy) is 1. The molecule has 7 heteroatoms. The minimum absolute atomic E-state index is 0. The number of rotatable bonds is 4. The molecule has 23 heavy (non-hydrogen) atoms. The van der Waals surface area contributed by atoms with Gasteiger partial charge in [0.25, 0.3) is 0 Å². The molecule has 0 saturated carbocycles. The van der Waals surface area contributed by atoms with Crippen LogP contribution in [0.5, 0.6) is 0 Å². The molecule has 3 rings (SSSR count). The number of aliphatic imine (C=N–C) groups is 1. The fourth-order valence-corrected chi connectivity index (χ4v) is 3.36. The van der Waals surface area contributed by atoms with Crippen molar-refractivity contribution in [2.24, 2.45) is 10.7 Å². The van der Waals surface area contributed by atoms with Crippen LogP contribution in [0.15, 0.2) is 29.4 Å². The van der Waals surface area contributed by atoms with Gasteiger partial charge in [-0.25, -0.2) is 4.98 Å². The number of nitrogens with zero attached hydrogens (tertiary/aromatic N) is 3. The van der Waals surface area contributed by atoms with E-state index >= 15 is 0 Å². The van der Waals surface area contributed by atoms with Gasteiger partial charge < -0.3 is 15.8 Å². The standard InChI is InChI=1S/C16H25N5O.HI/c17-15(20-14-5-1-2-8-18-14)19-13-16(6-11-22-12-7-16)21-9-3-4-10-21;/h1-2,5,8H,3-4,6-7,9-13H2,(H3,17,18,19,20);1H. The van der Waals surface area contributed by atoms with Crippen molar-refractivity contribution in [1.29, 1.82) is 0 Å². The van der Waals surface area contributed by atoms with Gasteiger partial charge in [-0.15, -0.1) is 24.0 Å². The molecule has 0 aliphatic carbocycles. The zero-order valence-electron chi connectivity index (χ0n) is 13.4. The Morgan fingerprint density at radius 3 is 2.70 bits per heavy atom. The highest BCUT2D eigenvalue weighted by Crippen LogP contribution is 2.31. The molecule has 0 amide bonds. The average molecular weight is 431 g/mol. The van der Waals surface area contributed by atoms with Crippen molar-refractivity contribution in [1.82, 2.24) is 9.88 Å². The van der Waals surface area contributed by atoms with Gasteiger partial charge in [0, 0.05) is 24.9 Å². The molecule has 0 aromatic carbocycles. The molecule has 0 atom stereocenters. The van der Waals surface area contributed by atoms with Gasteiger partial charge in [-0.05, 0) is 50.9 Å². The number of hydrogen-bond acceptors (Lipinski definition) is 4. The van der Waals surface area contributed by atoms with E-state index in [1.165, 1.54) is 25.9 Å². The third-order valence-corrected chi connectivity index (χ3v) is 4.67. The predicted octanol–water partition coefficient (Wildman–Crippen LogP) is 2.07. The molecular formula is C16H26IN5O. The lowest BCUT2D eigenvalue weighted by Crippen LogP contribution is -2.53. The molecule has 6 nitrogen and oxygen atoms in total. The zero-order chi connectivity index (χ0) is 15.3. The number of pyridine rings is 1. The smallest absolute Gasteiger partial charge is 0.194 e. The minimum Gasteiger partial charge on any atom is -0.381 e. The van der Waals surface area contributed by atoms with Gasteiger partial charge in [-0.2, -0.15) is 0 Å². The SMILES string of the molecule is I.NC(=NCC1(N2CCCC2)CCOCC1)Nc1ccccn1. The first-order valence-electron chi connectivity index (χ1n) is 8.09. The van der Waals surface area contributed by atoms with E-state index in [1.54, 1.807) is 6.20 Å². The van der Waals surface area contributed by atoms with Crippen LogP contribution in [0.2, 0.25) is 0 Å². The van der Waals surface area contributed by atoms with Crippen LogP contribution in [-0.4, -0.2) is 54.2 Å². The molecular weight excluding hydrogens is 405 g/mol. The van der Waals surface area contributed by atoms with Crippen molar-refractivity contribution < 1.29 is 4.74 Å². The Morgan fingerprint density at radius 1 is 1.30 bits per heavy atom. The van der Waals surface area contributed by atoms with Gasteiger partial charge in [-0.1, -0.05) is 6.07 Å². The number of guanidine groups is 1. The van der Waals surface area contributed by atoms with E-state index in [4.69, 9.17) is 10.5 Å². The maximum atomic E-state index is 6.03. The molecule has 3 N–H and O–H groups in total. The lowest BCUT2D eigenvalue weighted by Gasteiger charge is -2.43. The number of aromatic nitrogens is 1. The van der Waals surface area contributed by atoms with Crippen LogP contribution in [0, 0.1) is 0 Å². The van der Waals surface area contributed by atoms with Crippen LogP contribution in [0.3, 0.4) is 0 Å². The molecule has 2 fully saturated rings. The zero-order valence-corrected chi connectivity index (χ0v) is 15.7. The van der Waals surface area contributed by atoms with E-state index in [-0.39, 0.29) is 29.5 Å². The fourth-order valence-electron chi connectivity index (χ4n) is 3.36. The normalized spacial score (nSPS) is 21.7. The van der Waals surface area contributed by atoms with E-state index in [2.05, 4.69) is 20.2 Å². The van der Waals surface area contributed by atoms with Gasteiger partial charge in [-0.3, -0.25) is 9.89 Å². The molecule has 0 unspecified atom stereocenters. The van der Waals surface area contributed by atoms with Crippen molar-refractivity contribution in [2.45, 2.75) is 31.2 Å². The number of halogens is 1. The predicted molar refractivity (Wildman–Crippen MR) is 103 cm³/mol. The lowest BCUT2D eigenvalue weighted by molar-refractivity contribution is -0.0138. The van der Waals surface area contributed by atoms with Gasteiger partial charge >= 0.3 is 0 Å². The highest BCUT2D eigenvalue weighted by atomic mass is 127. The largest absolute Gasteiger partial charge is 0.381 e. The molecule has 3 heterocycles. The molecule has 2 aliphatic heterocycles. The number of likely N-dealkylation sites (tertiary alicyclic amines) is 1. The summed E-state index contributed by atoms with van der Waals surface area (Å²) in [5, 5.41) is 3.06. The summed E-state index contributed by atoms with van der Waals surface area (Å²) in [7, 11) is 0. The lowest BCUT2D eigenvalue weighted by atomic mass is 9.88. The monoisotopic (exact) mass is 431 g/mol. The highest BCUT2D eigenvalue weighted by molar-refractivity contribution is 14.0. The third kappa shape index (κ3) is 4.77. The summed E-state index contributed by atoms with van der Waals surface area (Å²) in [5.74, 6) is 1.16. The summed E-state index contributed by atoms with van der Waals surface area (Å²) in [6, 6.07) is 5.68. The summed E-state index contributed by atoms with van der Waals surface area (Å²) in [6.45, 7) is 4.70.